The van der Waals surface area contributed by atoms with E-state index in [1.165, 1.54) is 10.9 Å². The zero-order valence-electron chi connectivity index (χ0n) is 15.5. The van der Waals surface area contributed by atoms with Crippen molar-refractivity contribution in [2.45, 2.75) is 19.5 Å². The highest BCUT2D eigenvalue weighted by Crippen LogP contribution is 2.21. The van der Waals surface area contributed by atoms with Crippen molar-refractivity contribution in [2.24, 2.45) is 0 Å². The lowest BCUT2D eigenvalue weighted by Gasteiger charge is -2.25. The number of carbonyl (C=O) groups is 1. The molecule has 1 atom stereocenters. The number of amides is 1. The Balaban J connectivity index is 1.51. The molecule has 4 aromatic rings. The van der Waals surface area contributed by atoms with Crippen molar-refractivity contribution in [3.05, 3.63) is 77.3 Å². The average Bonchev–Trinajstić information content (AvgIpc) is 3.36. The summed E-state index contributed by atoms with van der Waals surface area (Å²) in [5.41, 5.74) is 2.95. The maximum atomic E-state index is 12.8. The molecule has 2 aromatic heterocycles. The van der Waals surface area contributed by atoms with Crippen molar-refractivity contribution in [3.63, 3.8) is 0 Å². The van der Waals surface area contributed by atoms with E-state index in [1.807, 2.05) is 31.2 Å². The quantitative estimate of drug-likeness (QED) is 0.533. The highest BCUT2D eigenvalue weighted by atomic mass is 16.4. The number of oxazole rings is 1. The van der Waals surface area contributed by atoms with E-state index < -0.39 is 5.76 Å². The van der Waals surface area contributed by atoms with Crippen molar-refractivity contribution in [1.29, 1.82) is 0 Å². The largest absolute Gasteiger partial charge is 0.420 e. The van der Waals surface area contributed by atoms with Crippen LogP contribution in [0.1, 0.15) is 18.5 Å². The summed E-state index contributed by atoms with van der Waals surface area (Å²) < 4.78 is 8.22. The Labute approximate surface area is 160 Å². The number of likely N-dealkylation sites (N-methyl/N-ethyl adjacent to an activating group) is 1. The van der Waals surface area contributed by atoms with Crippen molar-refractivity contribution < 1.29 is 9.21 Å². The van der Waals surface area contributed by atoms with Crippen LogP contribution in [0, 0.1) is 0 Å². The van der Waals surface area contributed by atoms with Gasteiger partial charge in [-0.15, -0.1) is 0 Å². The van der Waals surface area contributed by atoms with Crippen LogP contribution in [0.25, 0.3) is 16.8 Å². The highest BCUT2D eigenvalue weighted by molar-refractivity contribution is 5.79. The lowest BCUT2D eigenvalue weighted by molar-refractivity contribution is -0.132. The number of rotatable bonds is 5. The fourth-order valence-electron chi connectivity index (χ4n) is 3.10. The molecule has 0 aliphatic rings. The number of para-hydroxylation sites is 2. The van der Waals surface area contributed by atoms with Gasteiger partial charge in [-0.3, -0.25) is 9.36 Å². The third kappa shape index (κ3) is 3.20. The minimum absolute atomic E-state index is 0.0757. The first-order valence-corrected chi connectivity index (χ1v) is 8.83. The molecule has 8 nitrogen and oxygen atoms in total. The van der Waals surface area contributed by atoms with Gasteiger partial charge in [0, 0.05) is 7.05 Å². The molecular formula is C20H19N5O3. The summed E-state index contributed by atoms with van der Waals surface area (Å²) in [5.74, 6) is -0.714. The maximum Gasteiger partial charge on any atom is 0.420 e. The van der Waals surface area contributed by atoms with E-state index in [9.17, 15) is 9.59 Å². The first kappa shape index (κ1) is 17.7. The van der Waals surface area contributed by atoms with Crippen LogP contribution < -0.4 is 5.76 Å². The van der Waals surface area contributed by atoms with Gasteiger partial charge in [0.25, 0.3) is 0 Å². The first-order valence-electron chi connectivity index (χ1n) is 8.83. The van der Waals surface area contributed by atoms with Gasteiger partial charge >= 0.3 is 5.76 Å². The second-order valence-electron chi connectivity index (χ2n) is 6.53. The summed E-state index contributed by atoms with van der Waals surface area (Å²) in [6.07, 6.45) is 3.10. The molecule has 0 aliphatic heterocycles. The molecule has 1 amide bonds. The molecule has 0 bridgehead atoms. The third-order valence-corrected chi connectivity index (χ3v) is 4.90. The molecule has 0 N–H and O–H groups in total. The van der Waals surface area contributed by atoms with E-state index in [0.717, 1.165) is 11.3 Å². The van der Waals surface area contributed by atoms with E-state index in [4.69, 9.17) is 4.42 Å². The lowest BCUT2D eigenvalue weighted by Crippen LogP contribution is -2.34. The van der Waals surface area contributed by atoms with Gasteiger partial charge in [0.2, 0.25) is 5.91 Å². The highest BCUT2D eigenvalue weighted by Gasteiger charge is 2.20. The molecule has 28 heavy (non-hydrogen) atoms. The van der Waals surface area contributed by atoms with Gasteiger partial charge < -0.3 is 9.32 Å². The Morgan fingerprint density at radius 1 is 1.18 bits per heavy atom. The number of nitrogens with zero attached hydrogens (tertiary/aromatic N) is 5. The Hall–Kier alpha value is -3.68. The van der Waals surface area contributed by atoms with Gasteiger partial charge in [-0.1, -0.05) is 24.3 Å². The standard InChI is InChI=1S/C20H19N5O3/c1-14(15-7-9-16(10-8-15)25-13-21-12-22-25)23(2)19(26)11-24-17-5-3-4-6-18(17)28-20(24)27/h3-10,12-14H,11H2,1-2H3. The van der Waals surface area contributed by atoms with Crippen molar-refractivity contribution in [1.82, 2.24) is 24.2 Å². The van der Waals surface area contributed by atoms with Crippen molar-refractivity contribution >= 4 is 17.0 Å². The molecule has 2 heterocycles. The van der Waals surface area contributed by atoms with Crippen molar-refractivity contribution in [3.8, 4) is 5.69 Å². The maximum absolute atomic E-state index is 12.8. The summed E-state index contributed by atoms with van der Waals surface area (Å²) >= 11 is 0. The normalized spacial score (nSPS) is 12.2. The van der Waals surface area contributed by atoms with Crippen LogP contribution in [-0.2, 0) is 11.3 Å². The monoisotopic (exact) mass is 377 g/mol. The number of hydrogen-bond acceptors (Lipinski definition) is 5. The second kappa shape index (κ2) is 7.15. The number of carbonyl (C=O) groups excluding carboxylic acids is 1. The van der Waals surface area contributed by atoms with Crippen LogP contribution in [0.5, 0.6) is 0 Å². The fraction of sp³-hybridized carbons (Fsp3) is 0.200. The topological polar surface area (TPSA) is 86.2 Å². The molecule has 0 saturated carbocycles. The van der Waals surface area contributed by atoms with Gasteiger partial charge in [-0.25, -0.2) is 14.5 Å². The Bertz CT molecular complexity index is 1160. The molecule has 4 rings (SSSR count). The van der Waals surface area contributed by atoms with Crippen LogP contribution in [0.2, 0.25) is 0 Å². The van der Waals surface area contributed by atoms with Crippen LogP contribution in [0.15, 0.2) is 70.4 Å². The van der Waals surface area contributed by atoms with Crippen molar-refractivity contribution in [2.75, 3.05) is 7.05 Å². The minimum Gasteiger partial charge on any atom is -0.408 e. The zero-order valence-corrected chi connectivity index (χ0v) is 15.5. The van der Waals surface area contributed by atoms with Crippen LogP contribution in [0.4, 0.5) is 0 Å². The van der Waals surface area contributed by atoms with Gasteiger partial charge in [0.1, 0.15) is 19.2 Å². The Morgan fingerprint density at radius 3 is 2.64 bits per heavy atom. The summed E-state index contributed by atoms with van der Waals surface area (Å²) in [6, 6.07) is 14.7. The minimum atomic E-state index is -0.534. The molecule has 0 radical (unpaired) electrons. The SMILES string of the molecule is CC(c1ccc(-n2cncn2)cc1)N(C)C(=O)Cn1c(=O)oc2ccccc21. The van der Waals surface area contributed by atoms with Gasteiger partial charge in [-0.05, 0) is 36.8 Å². The fourth-order valence-corrected chi connectivity index (χ4v) is 3.10. The summed E-state index contributed by atoms with van der Waals surface area (Å²) in [6.45, 7) is 1.87. The van der Waals surface area contributed by atoms with E-state index >= 15 is 0 Å². The average molecular weight is 377 g/mol. The second-order valence-corrected chi connectivity index (χ2v) is 6.53. The zero-order chi connectivity index (χ0) is 19.7. The van der Waals surface area contributed by atoms with E-state index in [1.54, 1.807) is 47.2 Å². The van der Waals surface area contributed by atoms with Crippen LogP contribution in [-0.4, -0.2) is 37.2 Å². The third-order valence-electron chi connectivity index (χ3n) is 4.90. The Kier molecular flexibility index (Phi) is 4.52. The van der Waals surface area contributed by atoms with E-state index in [2.05, 4.69) is 10.1 Å². The number of aromatic nitrogens is 4. The molecule has 142 valence electrons. The predicted molar refractivity (Wildman–Crippen MR) is 103 cm³/mol. The van der Waals surface area contributed by atoms with E-state index in [0.29, 0.717) is 11.1 Å². The summed E-state index contributed by atoms with van der Waals surface area (Å²) in [4.78, 5) is 30.4. The summed E-state index contributed by atoms with van der Waals surface area (Å²) in [5, 5.41) is 4.10. The first-order chi connectivity index (χ1) is 13.5. The summed E-state index contributed by atoms with van der Waals surface area (Å²) in [7, 11) is 1.73. The molecule has 8 heteroatoms. The molecule has 2 aromatic carbocycles. The van der Waals surface area contributed by atoms with Crippen LogP contribution >= 0.6 is 0 Å². The van der Waals surface area contributed by atoms with Gasteiger partial charge in [0.15, 0.2) is 5.58 Å². The molecular weight excluding hydrogens is 358 g/mol. The number of benzene rings is 2. The number of hydrogen-bond donors (Lipinski definition) is 0. The molecule has 0 saturated heterocycles. The van der Waals surface area contributed by atoms with Gasteiger partial charge in [-0.2, -0.15) is 5.10 Å². The molecule has 0 fully saturated rings. The van der Waals surface area contributed by atoms with Gasteiger partial charge in [0.05, 0.1) is 17.2 Å². The molecule has 1 unspecified atom stereocenters. The lowest BCUT2D eigenvalue weighted by atomic mass is 10.1. The predicted octanol–water partition coefficient (Wildman–Crippen LogP) is 2.39. The van der Waals surface area contributed by atoms with Crippen LogP contribution in [0.3, 0.4) is 0 Å². The Morgan fingerprint density at radius 2 is 1.93 bits per heavy atom. The number of fused-ring (bicyclic) bond motifs is 1. The molecule has 0 aliphatic carbocycles. The molecule has 0 spiro atoms. The smallest absolute Gasteiger partial charge is 0.408 e. The van der Waals surface area contributed by atoms with E-state index in [-0.39, 0.29) is 18.5 Å².